The zero-order chi connectivity index (χ0) is 11.0. The topological polar surface area (TPSA) is 32.3 Å². The summed E-state index contributed by atoms with van der Waals surface area (Å²) in [6, 6.07) is 0. The summed E-state index contributed by atoms with van der Waals surface area (Å²) >= 11 is 0. The minimum Gasteiger partial charge on any atom is -0.396 e. The fourth-order valence-electron chi connectivity index (χ4n) is 2.55. The van der Waals surface area contributed by atoms with E-state index >= 15 is 0 Å². The van der Waals surface area contributed by atoms with Crippen LogP contribution < -0.4 is 5.32 Å². The first-order chi connectivity index (χ1) is 7.33. The average Bonchev–Trinajstić information content (AvgIpc) is 2.30. The lowest BCUT2D eigenvalue weighted by molar-refractivity contribution is 0.0814. The van der Waals surface area contributed by atoms with Crippen molar-refractivity contribution >= 4 is 0 Å². The molecule has 2 heteroatoms. The van der Waals surface area contributed by atoms with E-state index in [1.807, 2.05) is 0 Å². The number of hydrogen-bond acceptors (Lipinski definition) is 2. The molecule has 0 aromatic carbocycles. The number of rotatable bonds is 7. The van der Waals surface area contributed by atoms with Crippen LogP contribution >= 0.6 is 0 Å². The molecule has 0 unspecified atom stereocenters. The van der Waals surface area contributed by atoms with Crippen molar-refractivity contribution in [3.05, 3.63) is 0 Å². The molecular weight excluding hydrogens is 186 g/mol. The second-order valence-electron chi connectivity index (χ2n) is 5.10. The molecule has 1 fully saturated rings. The summed E-state index contributed by atoms with van der Waals surface area (Å²) in [5, 5.41) is 13.0. The van der Waals surface area contributed by atoms with Crippen molar-refractivity contribution in [3.63, 3.8) is 0 Å². The molecule has 90 valence electrons. The maximum absolute atomic E-state index is 9.50. The molecule has 15 heavy (non-hydrogen) atoms. The molecule has 1 rings (SSSR count). The Bertz CT molecular complexity index is 153. The van der Waals surface area contributed by atoms with Crippen LogP contribution in [0.3, 0.4) is 0 Å². The molecule has 1 aliphatic rings. The average molecular weight is 213 g/mol. The minimum atomic E-state index is 0.213. The number of aliphatic hydroxyl groups excluding tert-OH is 1. The van der Waals surface area contributed by atoms with E-state index in [1.165, 1.54) is 51.4 Å². The predicted octanol–water partition coefficient (Wildman–Crippen LogP) is 2.71. The second-order valence-corrected chi connectivity index (χ2v) is 5.10. The summed E-state index contributed by atoms with van der Waals surface area (Å²) in [6.45, 7) is 4.74. The molecule has 0 aromatic rings. The predicted molar refractivity (Wildman–Crippen MR) is 65.0 cm³/mol. The quantitative estimate of drug-likeness (QED) is 0.637. The number of nitrogens with one attached hydrogen (secondary N) is 1. The summed E-state index contributed by atoms with van der Waals surface area (Å²) in [5.74, 6) is 0. The van der Waals surface area contributed by atoms with Gasteiger partial charge in [0, 0.05) is 18.6 Å². The third kappa shape index (κ3) is 4.52. The fraction of sp³-hybridized carbons (Fsp3) is 1.00. The third-order valence-corrected chi connectivity index (χ3v) is 3.71. The molecule has 0 saturated heterocycles. The minimum absolute atomic E-state index is 0.213. The van der Waals surface area contributed by atoms with Crippen LogP contribution in [0.15, 0.2) is 0 Å². The molecule has 0 atom stereocenters. The van der Waals surface area contributed by atoms with Crippen LogP contribution in [0.25, 0.3) is 0 Å². The highest BCUT2D eigenvalue weighted by atomic mass is 16.3. The Kier molecular flexibility index (Phi) is 6.26. The molecule has 0 radical (unpaired) electrons. The van der Waals surface area contributed by atoms with Crippen molar-refractivity contribution in [2.75, 3.05) is 19.7 Å². The van der Waals surface area contributed by atoms with Gasteiger partial charge in [-0.2, -0.15) is 0 Å². The summed E-state index contributed by atoms with van der Waals surface area (Å²) in [6.07, 6.45) is 10.3. The monoisotopic (exact) mass is 213 g/mol. The molecule has 0 spiro atoms. The SMILES string of the molecule is CCCCCNCC1(CO)CCCCC1. The van der Waals surface area contributed by atoms with Gasteiger partial charge in [-0.05, 0) is 25.8 Å². The number of aliphatic hydroxyl groups is 1. The number of unbranched alkanes of at least 4 members (excludes halogenated alkanes) is 2. The van der Waals surface area contributed by atoms with Gasteiger partial charge in [0.1, 0.15) is 0 Å². The Balaban J connectivity index is 2.15. The largest absolute Gasteiger partial charge is 0.396 e. The molecule has 1 aliphatic carbocycles. The Morgan fingerprint density at radius 2 is 1.87 bits per heavy atom. The first kappa shape index (κ1) is 13.0. The Hall–Kier alpha value is -0.0800. The van der Waals surface area contributed by atoms with Crippen molar-refractivity contribution in [2.45, 2.75) is 58.3 Å². The summed E-state index contributed by atoms with van der Waals surface area (Å²) in [5.41, 5.74) is 0.213. The first-order valence-corrected chi connectivity index (χ1v) is 6.64. The van der Waals surface area contributed by atoms with Crippen LogP contribution in [-0.2, 0) is 0 Å². The zero-order valence-electron chi connectivity index (χ0n) is 10.2. The molecule has 0 aromatic heterocycles. The highest BCUT2D eigenvalue weighted by Gasteiger charge is 2.30. The molecule has 1 saturated carbocycles. The van der Waals surface area contributed by atoms with Crippen molar-refractivity contribution in [2.24, 2.45) is 5.41 Å². The van der Waals surface area contributed by atoms with Crippen LogP contribution in [0.1, 0.15) is 58.3 Å². The highest BCUT2D eigenvalue weighted by Crippen LogP contribution is 2.35. The number of hydrogen-bond donors (Lipinski definition) is 2. The maximum Gasteiger partial charge on any atom is 0.0499 e. The van der Waals surface area contributed by atoms with Gasteiger partial charge >= 0.3 is 0 Å². The lowest BCUT2D eigenvalue weighted by Gasteiger charge is -2.35. The van der Waals surface area contributed by atoms with Crippen molar-refractivity contribution < 1.29 is 5.11 Å². The van der Waals surface area contributed by atoms with Gasteiger partial charge < -0.3 is 10.4 Å². The molecular formula is C13H27NO. The van der Waals surface area contributed by atoms with Gasteiger partial charge in [0.15, 0.2) is 0 Å². The molecule has 2 nitrogen and oxygen atoms in total. The van der Waals surface area contributed by atoms with E-state index in [4.69, 9.17) is 0 Å². The highest BCUT2D eigenvalue weighted by molar-refractivity contribution is 4.84. The van der Waals surface area contributed by atoms with E-state index in [-0.39, 0.29) is 5.41 Å². The van der Waals surface area contributed by atoms with Gasteiger partial charge in [-0.3, -0.25) is 0 Å². The van der Waals surface area contributed by atoms with Gasteiger partial charge in [-0.1, -0.05) is 39.0 Å². The van der Waals surface area contributed by atoms with Crippen LogP contribution in [0.4, 0.5) is 0 Å². The van der Waals surface area contributed by atoms with Crippen LogP contribution in [0, 0.1) is 5.41 Å². The van der Waals surface area contributed by atoms with E-state index in [9.17, 15) is 5.11 Å². The molecule has 0 aliphatic heterocycles. The lowest BCUT2D eigenvalue weighted by atomic mass is 9.74. The van der Waals surface area contributed by atoms with Crippen LogP contribution in [0.5, 0.6) is 0 Å². The Morgan fingerprint density at radius 3 is 2.47 bits per heavy atom. The zero-order valence-corrected chi connectivity index (χ0v) is 10.2. The fourth-order valence-corrected chi connectivity index (χ4v) is 2.55. The second kappa shape index (κ2) is 7.24. The Morgan fingerprint density at radius 1 is 1.13 bits per heavy atom. The summed E-state index contributed by atoms with van der Waals surface area (Å²) < 4.78 is 0. The van der Waals surface area contributed by atoms with Gasteiger partial charge in [0.2, 0.25) is 0 Å². The van der Waals surface area contributed by atoms with Crippen LogP contribution in [0.2, 0.25) is 0 Å². The molecule has 0 bridgehead atoms. The van der Waals surface area contributed by atoms with E-state index in [0.717, 1.165) is 13.1 Å². The first-order valence-electron chi connectivity index (χ1n) is 6.64. The van der Waals surface area contributed by atoms with Crippen molar-refractivity contribution in [1.82, 2.24) is 5.32 Å². The van der Waals surface area contributed by atoms with E-state index in [1.54, 1.807) is 0 Å². The van der Waals surface area contributed by atoms with Gasteiger partial charge in [-0.25, -0.2) is 0 Å². The third-order valence-electron chi connectivity index (χ3n) is 3.71. The summed E-state index contributed by atoms with van der Waals surface area (Å²) in [7, 11) is 0. The standard InChI is InChI=1S/C13H27NO/c1-2-3-7-10-14-11-13(12-15)8-5-4-6-9-13/h14-15H,2-12H2,1H3. The molecule has 0 heterocycles. The lowest BCUT2D eigenvalue weighted by Crippen LogP contribution is -2.39. The van der Waals surface area contributed by atoms with Crippen LogP contribution in [-0.4, -0.2) is 24.8 Å². The molecule has 2 N–H and O–H groups in total. The van der Waals surface area contributed by atoms with Crippen molar-refractivity contribution in [1.29, 1.82) is 0 Å². The smallest absolute Gasteiger partial charge is 0.0499 e. The van der Waals surface area contributed by atoms with E-state index < -0.39 is 0 Å². The van der Waals surface area contributed by atoms with E-state index in [2.05, 4.69) is 12.2 Å². The van der Waals surface area contributed by atoms with E-state index in [0.29, 0.717) is 6.61 Å². The van der Waals surface area contributed by atoms with Gasteiger partial charge in [0.05, 0.1) is 0 Å². The Labute approximate surface area is 94.5 Å². The van der Waals surface area contributed by atoms with Gasteiger partial charge in [-0.15, -0.1) is 0 Å². The summed E-state index contributed by atoms with van der Waals surface area (Å²) in [4.78, 5) is 0. The van der Waals surface area contributed by atoms with Crippen molar-refractivity contribution in [3.8, 4) is 0 Å². The maximum atomic E-state index is 9.50. The van der Waals surface area contributed by atoms with Gasteiger partial charge in [0.25, 0.3) is 0 Å². The normalized spacial score (nSPS) is 20.4. The molecule has 0 amide bonds.